The summed E-state index contributed by atoms with van der Waals surface area (Å²) in [5.74, 6) is 0.679. The second-order valence-electron chi connectivity index (χ2n) is 7.48. The Morgan fingerprint density at radius 1 is 1.41 bits per heavy atom. The van der Waals surface area contributed by atoms with Crippen molar-refractivity contribution in [2.24, 2.45) is 5.92 Å². The second-order valence-corrected chi connectivity index (χ2v) is 7.48. The Hall–Kier alpha value is -2.25. The van der Waals surface area contributed by atoms with Crippen molar-refractivity contribution >= 4 is 5.91 Å². The number of hydrogen-bond donors (Lipinski definition) is 0. The first-order valence-corrected chi connectivity index (χ1v) is 9.22. The first kappa shape index (κ1) is 18.1. The molecule has 1 unspecified atom stereocenters. The lowest BCUT2D eigenvalue weighted by Crippen LogP contribution is -2.63. The summed E-state index contributed by atoms with van der Waals surface area (Å²) in [5.41, 5.74) is 0.691. The molecule has 6 nitrogen and oxygen atoms in total. The highest BCUT2D eigenvalue weighted by Gasteiger charge is 2.51. The maximum Gasteiger partial charge on any atom is 0.276 e. The van der Waals surface area contributed by atoms with Gasteiger partial charge in [-0.3, -0.25) is 4.79 Å². The Morgan fingerprint density at radius 3 is 2.96 bits per heavy atom. The number of rotatable bonds is 6. The molecule has 3 heterocycles. The van der Waals surface area contributed by atoms with Crippen molar-refractivity contribution in [3.05, 3.63) is 53.2 Å². The van der Waals surface area contributed by atoms with Crippen molar-refractivity contribution in [3.8, 4) is 0 Å². The average molecular weight is 374 g/mol. The van der Waals surface area contributed by atoms with Crippen molar-refractivity contribution in [1.29, 1.82) is 0 Å². The first-order valence-electron chi connectivity index (χ1n) is 9.22. The highest BCUT2D eigenvalue weighted by molar-refractivity contribution is 5.93. The van der Waals surface area contributed by atoms with Gasteiger partial charge in [0.25, 0.3) is 5.91 Å². The van der Waals surface area contributed by atoms with Gasteiger partial charge in [0.15, 0.2) is 5.69 Å². The third kappa shape index (κ3) is 3.89. The molecule has 4 rings (SSSR count). The monoisotopic (exact) mass is 374 g/mol. The van der Waals surface area contributed by atoms with Crippen LogP contribution in [0.4, 0.5) is 4.39 Å². The van der Waals surface area contributed by atoms with Crippen LogP contribution in [-0.2, 0) is 16.1 Å². The van der Waals surface area contributed by atoms with Crippen molar-refractivity contribution < 1.29 is 23.2 Å². The summed E-state index contributed by atoms with van der Waals surface area (Å²) in [6.07, 6.45) is 1.78. The van der Waals surface area contributed by atoms with Gasteiger partial charge in [-0.25, -0.2) is 4.39 Å². The highest BCUT2D eigenvalue weighted by atomic mass is 19.1. The van der Waals surface area contributed by atoms with Crippen molar-refractivity contribution in [3.63, 3.8) is 0 Å². The van der Waals surface area contributed by atoms with Crippen LogP contribution in [0.1, 0.15) is 34.7 Å². The Kier molecular flexibility index (Phi) is 4.97. The molecule has 1 aromatic carbocycles. The predicted molar refractivity (Wildman–Crippen MR) is 94.6 cm³/mol. The molecule has 2 aliphatic heterocycles. The Balaban J connectivity index is 1.19. The van der Waals surface area contributed by atoms with E-state index < -0.39 is 0 Å². The van der Waals surface area contributed by atoms with Gasteiger partial charge in [0.1, 0.15) is 17.2 Å². The van der Waals surface area contributed by atoms with Crippen LogP contribution in [0.15, 0.2) is 34.9 Å². The van der Waals surface area contributed by atoms with Gasteiger partial charge >= 0.3 is 0 Å². The van der Waals surface area contributed by atoms with Gasteiger partial charge < -0.3 is 18.9 Å². The maximum atomic E-state index is 13.6. The average Bonchev–Trinajstić information content (AvgIpc) is 3.25. The molecule has 0 saturated carbocycles. The summed E-state index contributed by atoms with van der Waals surface area (Å²) in [4.78, 5) is 14.1. The number of likely N-dealkylation sites (tertiary alicyclic amines) is 1. The first-order chi connectivity index (χ1) is 13.0. The van der Waals surface area contributed by atoms with E-state index in [0.717, 1.165) is 12.8 Å². The molecule has 7 heteroatoms. The van der Waals surface area contributed by atoms with Crippen LogP contribution in [0.5, 0.6) is 0 Å². The Morgan fingerprint density at radius 2 is 2.22 bits per heavy atom. The molecule has 27 heavy (non-hydrogen) atoms. The van der Waals surface area contributed by atoms with E-state index in [1.54, 1.807) is 36.1 Å². The molecule has 0 aliphatic carbocycles. The maximum absolute atomic E-state index is 13.6. The van der Waals surface area contributed by atoms with E-state index in [1.807, 2.05) is 0 Å². The van der Waals surface area contributed by atoms with Crippen LogP contribution in [0, 0.1) is 18.7 Å². The molecule has 0 bridgehead atoms. The van der Waals surface area contributed by atoms with Gasteiger partial charge in [-0.05, 0) is 31.7 Å². The van der Waals surface area contributed by atoms with Gasteiger partial charge in [0.05, 0.1) is 26.3 Å². The van der Waals surface area contributed by atoms with Crippen LogP contribution in [0.2, 0.25) is 0 Å². The zero-order valence-corrected chi connectivity index (χ0v) is 15.3. The third-order valence-corrected chi connectivity index (χ3v) is 5.26. The summed E-state index contributed by atoms with van der Waals surface area (Å²) in [6.45, 7) is 4.47. The fourth-order valence-corrected chi connectivity index (χ4v) is 3.81. The predicted octanol–water partition coefficient (Wildman–Crippen LogP) is 2.96. The SMILES string of the molecule is Cc1cc(C(=O)N2CC3(CC(CCOCc4ccccc4F)CO3)C2)no1. The van der Waals surface area contributed by atoms with E-state index in [9.17, 15) is 9.18 Å². The van der Waals surface area contributed by atoms with E-state index in [-0.39, 0.29) is 23.9 Å². The van der Waals surface area contributed by atoms with Gasteiger partial charge in [-0.15, -0.1) is 0 Å². The van der Waals surface area contributed by atoms with E-state index in [1.165, 1.54) is 6.07 Å². The van der Waals surface area contributed by atoms with Gasteiger partial charge in [0.2, 0.25) is 0 Å². The Bertz CT molecular complexity index is 816. The topological polar surface area (TPSA) is 64.8 Å². The molecule has 2 aliphatic rings. The van der Waals surface area contributed by atoms with Crippen LogP contribution in [-0.4, -0.2) is 47.9 Å². The second kappa shape index (κ2) is 7.40. The number of ether oxygens (including phenoxy) is 2. The molecular formula is C20H23FN2O4. The minimum absolute atomic E-state index is 0.113. The number of carbonyl (C=O) groups excluding carboxylic acids is 1. The zero-order valence-electron chi connectivity index (χ0n) is 15.3. The van der Waals surface area contributed by atoms with Crippen LogP contribution >= 0.6 is 0 Å². The van der Waals surface area contributed by atoms with Crippen LogP contribution < -0.4 is 0 Å². The molecule has 1 amide bonds. The number of amides is 1. The van der Waals surface area contributed by atoms with Gasteiger partial charge in [-0.1, -0.05) is 23.4 Å². The molecule has 2 saturated heterocycles. The number of aromatic nitrogens is 1. The fraction of sp³-hybridized carbons (Fsp3) is 0.500. The zero-order chi connectivity index (χ0) is 18.9. The van der Waals surface area contributed by atoms with Crippen molar-refractivity contribution in [2.75, 3.05) is 26.3 Å². The van der Waals surface area contributed by atoms with Crippen molar-refractivity contribution in [1.82, 2.24) is 10.1 Å². The quantitative estimate of drug-likeness (QED) is 0.728. The number of aryl methyl sites for hydroxylation is 1. The van der Waals surface area contributed by atoms with Gasteiger partial charge in [0, 0.05) is 18.2 Å². The summed E-state index contributed by atoms with van der Waals surface area (Å²) >= 11 is 0. The molecule has 1 aromatic heterocycles. The standard InChI is InChI=1S/C20H23FN2O4/c1-14-8-18(22-27-14)19(24)23-12-20(13-23)9-15(10-26-20)6-7-25-11-16-4-2-3-5-17(16)21/h2-5,8,15H,6-7,9-13H2,1H3. The molecule has 0 radical (unpaired) electrons. The molecule has 2 fully saturated rings. The number of benzene rings is 1. The van der Waals surface area contributed by atoms with E-state index in [4.69, 9.17) is 14.0 Å². The summed E-state index contributed by atoms with van der Waals surface area (Å²) in [6, 6.07) is 8.31. The minimum atomic E-state index is -0.234. The lowest BCUT2D eigenvalue weighted by Gasteiger charge is -2.46. The summed E-state index contributed by atoms with van der Waals surface area (Å²) in [7, 11) is 0. The normalized spacial score (nSPS) is 20.8. The van der Waals surface area contributed by atoms with Crippen LogP contribution in [0.3, 0.4) is 0 Å². The molecule has 0 N–H and O–H groups in total. The van der Waals surface area contributed by atoms with E-state index >= 15 is 0 Å². The van der Waals surface area contributed by atoms with Crippen molar-refractivity contribution in [2.45, 2.75) is 32.0 Å². The molecule has 1 spiro atoms. The minimum Gasteiger partial charge on any atom is -0.377 e. The number of hydrogen-bond acceptors (Lipinski definition) is 5. The number of carbonyl (C=O) groups is 1. The number of halogens is 1. The fourth-order valence-electron chi connectivity index (χ4n) is 3.81. The Labute approximate surface area is 157 Å². The van der Waals surface area contributed by atoms with Gasteiger partial charge in [-0.2, -0.15) is 0 Å². The van der Waals surface area contributed by atoms with E-state index in [0.29, 0.717) is 49.2 Å². The molecule has 2 aromatic rings. The highest BCUT2D eigenvalue weighted by Crippen LogP contribution is 2.39. The van der Waals surface area contributed by atoms with Crippen LogP contribution in [0.25, 0.3) is 0 Å². The lowest BCUT2D eigenvalue weighted by molar-refractivity contribution is -0.0952. The molecule has 144 valence electrons. The van der Waals surface area contributed by atoms with E-state index in [2.05, 4.69) is 5.16 Å². The smallest absolute Gasteiger partial charge is 0.276 e. The summed E-state index contributed by atoms with van der Waals surface area (Å²) in [5, 5.41) is 3.78. The lowest BCUT2D eigenvalue weighted by atomic mass is 9.86. The summed E-state index contributed by atoms with van der Waals surface area (Å²) < 4.78 is 30.1. The molecular weight excluding hydrogens is 351 g/mol. The third-order valence-electron chi connectivity index (χ3n) is 5.26. The largest absolute Gasteiger partial charge is 0.377 e. The number of nitrogens with zero attached hydrogens (tertiary/aromatic N) is 2. The molecule has 1 atom stereocenters.